The van der Waals surface area contributed by atoms with E-state index in [0.29, 0.717) is 34.9 Å². The normalized spacial score (nSPS) is 23.9. The Morgan fingerprint density at radius 2 is 1.56 bits per heavy atom. The Balaban J connectivity index is 1.27. The fraction of sp³-hybridized carbons (Fsp3) is 0.278. The van der Waals surface area contributed by atoms with Gasteiger partial charge in [-0.2, -0.15) is 0 Å². The zero-order chi connectivity index (χ0) is 31.5. The first-order chi connectivity index (χ1) is 21.6. The molecule has 1 saturated heterocycles. The van der Waals surface area contributed by atoms with Crippen LogP contribution in [0.4, 0.5) is 17.1 Å². The van der Waals surface area contributed by atoms with Crippen LogP contribution in [0.5, 0.6) is 11.5 Å². The number of aliphatic hydroxyl groups excluding tert-OH is 1. The lowest BCUT2D eigenvalue weighted by Crippen LogP contribution is -2.46. The molecule has 230 valence electrons. The zero-order valence-corrected chi connectivity index (χ0v) is 26.5. The molecule has 7 rings (SSSR count). The standard InChI is InChI=1S/C36H36N2O6Si/c1-23-33(45(2,3)42)32(19-20-39)44-36(23)27-14-5-6-15-28(27)37(35(36)41)22-24-11-10-12-25(21-24)38-29-16-7-9-18-31(29)43-30-17-8-4-13-26(30)34(38)40/h4-18,21,23,32-33,39,42H,19-20,22H2,1-3H3/t23-,32+,33-,36+/m0/s1. The predicted molar refractivity (Wildman–Crippen MR) is 174 cm³/mol. The molecule has 3 aliphatic heterocycles. The molecule has 3 heterocycles. The van der Waals surface area contributed by atoms with Gasteiger partial charge in [-0.25, -0.2) is 0 Å². The number of nitrogens with zero attached hydrogens (tertiary/aromatic N) is 2. The molecule has 0 aromatic heterocycles. The maximum atomic E-state index is 14.6. The van der Waals surface area contributed by atoms with Crippen LogP contribution in [0.3, 0.4) is 0 Å². The number of carbonyl (C=O) groups excluding carboxylic acids is 2. The van der Waals surface area contributed by atoms with Gasteiger partial charge in [-0.05, 0) is 67.5 Å². The maximum Gasteiger partial charge on any atom is 0.266 e. The van der Waals surface area contributed by atoms with Gasteiger partial charge in [0.1, 0.15) is 5.75 Å². The third-order valence-corrected chi connectivity index (χ3v) is 12.0. The van der Waals surface area contributed by atoms with Gasteiger partial charge in [-0.3, -0.25) is 14.5 Å². The summed E-state index contributed by atoms with van der Waals surface area (Å²) in [4.78, 5) is 43.3. The summed E-state index contributed by atoms with van der Waals surface area (Å²) in [7, 11) is -2.77. The van der Waals surface area contributed by atoms with Crippen molar-refractivity contribution >= 4 is 37.2 Å². The average molecular weight is 621 g/mol. The van der Waals surface area contributed by atoms with Gasteiger partial charge in [0, 0.05) is 29.3 Å². The largest absolute Gasteiger partial charge is 0.454 e. The Labute approximate surface area is 263 Å². The zero-order valence-electron chi connectivity index (χ0n) is 25.5. The van der Waals surface area contributed by atoms with Gasteiger partial charge < -0.3 is 24.3 Å². The number of benzene rings is 4. The summed E-state index contributed by atoms with van der Waals surface area (Å²) in [6.07, 6.45) is -0.0835. The van der Waals surface area contributed by atoms with Crippen molar-refractivity contribution in [2.24, 2.45) is 5.92 Å². The summed E-state index contributed by atoms with van der Waals surface area (Å²) < 4.78 is 12.9. The summed E-state index contributed by atoms with van der Waals surface area (Å²) >= 11 is 0. The molecule has 0 aliphatic carbocycles. The first kappa shape index (κ1) is 29.4. The quantitative estimate of drug-likeness (QED) is 0.239. The first-order valence-electron chi connectivity index (χ1n) is 15.4. The van der Waals surface area contributed by atoms with E-state index < -0.39 is 20.0 Å². The number of para-hydroxylation sites is 4. The molecule has 2 N–H and O–H groups in total. The molecule has 4 atom stereocenters. The molecule has 0 unspecified atom stereocenters. The SMILES string of the molecule is C[C@H]1[C@H]([Si](C)(C)O)[C@@H](CCO)O[C@]12C(=O)N(Cc1cccc(N3C(=O)c4ccccc4Oc4ccccc43)c1)c1ccccc12. The number of fused-ring (bicyclic) bond motifs is 4. The van der Waals surface area contributed by atoms with E-state index in [1.165, 1.54) is 0 Å². The lowest BCUT2D eigenvalue weighted by Gasteiger charge is -2.32. The van der Waals surface area contributed by atoms with E-state index >= 15 is 0 Å². The molecule has 4 aromatic carbocycles. The number of aliphatic hydroxyl groups is 1. The number of rotatable bonds is 6. The monoisotopic (exact) mass is 620 g/mol. The van der Waals surface area contributed by atoms with Gasteiger partial charge in [0.2, 0.25) is 0 Å². The van der Waals surface area contributed by atoms with E-state index in [9.17, 15) is 19.5 Å². The van der Waals surface area contributed by atoms with Gasteiger partial charge in [0.25, 0.3) is 11.8 Å². The number of amides is 2. The number of anilines is 3. The Kier molecular flexibility index (Phi) is 7.16. The predicted octanol–water partition coefficient (Wildman–Crippen LogP) is 6.50. The van der Waals surface area contributed by atoms with Crippen molar-refractivity contribution in [2.75, 3.05) is 16.4 Å². The fourth-order valence-electron chi connectivity index (χ4n) is 7.63. The van der Waals surface area contributed by atoms with E-state index in [2.05, 4.69) is 0 Å². The lowest BCUT2D eigenvalue weighted by atomic mass is 9.82. The van der Waals surface area contributed by atoms with Crippen LogP contribution in [0.25, 0.3) is 0 Å². The Hall–Kier alpha value is -4.28. The fourth-order valence-corrected chi connectivity index (χ4v) is 10.2. The Morgan fingerprint density at radius 1 is 0.867 bits per heavy atom. The van der Waals surface area contributed by atoms with Crippen molar-refractivity contribution in [3.63, 3.8) is 0 Å². The number of ether oxygens (including phenoxy) is 2. The molecule has 45 heavy (non-hydrogen) atoms. The van der Waals surface area contributed by atoms with Gasteiger partial charge in [-0.15, -0.1) is 0 Å². The van der Waals surface area contributed by atoms with Gasteiger partial charge in [-0.1, -0.05) is 61.5 Å². The third-order valence-electron chi connectivity index (χ3n) is 9.46. The van der Waals surface area contributed by atoms with E-state index in [1.54, 1.807) is 21.9 Å². The minimum Gasteiger partial charge on any atom is -0.454 e. The molecule has 3 aliphatic rings. The van der Waals surface area contributed by atoms with E-state index in [-0.39, 0.29) is 36.4 Å². The van der Waals surface area contributed by atoms with Crippen LogP contribution in [0, 0.1) is 5.92 Å². The summed E-state index contributed by atoms with van der Waals surface area (Å²) in [5, 5.41) is 9.84. The van der Waals surface area contributed by atoms with Crippen molar-refractivity contribution < 1.29 is 29.0 Å². The van der Waals surface area contributed by atoms with Crippen molar-refractivity contribution in [3.8, 4) is 11.5 Å². The molecule has 4 aromatic rings. The molecule has 1 spiro atoms. The Bertz CT molecular complexity index is 1800. The highest BCUT2D eigenvalue weighted by Gasteiger charge is 2.66. The Morgan fingerprint density at radius 3 is 2.31 bits per heavy atom. The minimum atomic E-state index is -2.77. The highest BCUT2D eigenvalue weighted by Crippen LogP contribution is 2.59. The second-order valence-electron chi connectivity index (χ2n) is 12.7. The molecule has 2 amide bonds. The molecular weight excluding hydrogens is 584 g/mol. The molecule has 1 fully saturated rings. The summed E-state index contributed by atoms with van der Waals surface area (Å²) in [5.41, 5.74) is 2.63. The van der Waals surface area contributed by atoms with Crippen molar-refractivity contribution in [3.05, 3.63) is 114 Å². The topological polar surface area (TPSA) is 99.5 Å². The van der Waals surface area contributed by atoms with E-state index in [4.69, 9.17) is 9.47 Å². The first-order valence-corrected chi connectivity index (χ1v) is 18.4. The van der Waals surface area contributed by atoms with Crippen LogP contribution in [0.15, 0.2) is 97.1 Å². The van der Waals surface area contributed by atoms with Crippen LogP contribution in [-0.2, 0) is 21.7 Å². The van der Waals surface area contributed by atoms with Gasteiger partial charge >= 0.3 is 0 Å². The highest BCUT2D eigenvalue weighted by atomic mass is 28.4. The lowest BCUT2D eigenvalue weighted by molar-refractivity contribution is -0.146. The average Bonchev–Trinajstić information content (AvgIpc) is 3.40. The second-order valence-corrected chi connectivity index (χ2v) is 16.6. The molecular formula is C36H36N2O6Si. The summed E-state index contributed by atoms with van der Waals surface area (Å²) in [6, 6.07) is 30.0. The summed E-state index contributed by atoms with van der Waals surface area (Å²) in [6.45, 7) is 5.92. The van der Waals surface area contributed by atoms with E-state index in [1.807, 2.05) is 105 Å². The molecule has 0 saturated carbocycles. The third kappa shape index (κ3) is 4.61. The molecule has 8 nitrogen and oxygen atoms in total. The smallest absolute Gasteiger partial charge is 0.266 e. The highest BCUT2D eigenvalue weighted by molar-refractivity contribution is 6.71. The van der Waals surface area contributed by atoms with Crippen molar-refractivity contribution in [1.82, 2.24) is 0 Å². The van der Waals surface area contributed by atoms with Crippen LogP contribution in [0.2, 0.25) is 18.6 Å². The van der Waals surface area contributed by atoms with Crippen LogP contribution in [-0.4, -0.2) is 42.7 Å². The number of carbonyl (C=O) groups is 2. The van der Waals surface area contributed by atoms with E-state index in [0.717, 1.165) is 16.8 Å². The molecule has 0 radical (unpaired) electrons. The van der Waals surface area contributed by atoms with Crippen molar-refractivity contribution in [1.29, 1.82) is 0 Å². The maximum absolute atomic E-state index is 14.6. The van der Waals surface area contributed by atoms with Gasteiger partial charge in [0.15, 0.2) is 19.7 Å². The van der Waals surface area contributed by atoms with Crippen LogP contribution < -0.4 is 14.5 Å². The summed E-state index contributed by atoms with van der Waals surface area (Å²) in [5.74, 6) is 0.386. The number of hydrogen-bond acceptors (Lipinski definition) is 6. The number of hydrogen-bond donors (Lipinski definition) is 2. The minimum absolute atomic E-state index is 0.0886. The molecule has 0 bridgehead atoms. The van der Waals surface area contributed by atoms with Gasteiger partial charge in [0.05, 0.1) is 29.6 Å². The van der Waals surface area contributed by atoms with Crippen LogP contribution >= 0.6 is 0 Å². The van der Waals surface area contributed by atoms with Crippen LogP contribution in [0.1, 0.15) is 34.8 Å². The van der Waals surface area contributed by atoms with Crippen molar-refractivity contribution in [2.45, 2.75) is 50.2 Å². The molecule has 9 heteroatoms. The second kappa shape index (κ2) is 11.0.